The van der Waals surface area contributed by atoms with E-state index in [1.54, 1.807) is 0 Å². The van der Waals surface area contributed by atoms with Crippen LogP contribution in [0.3, 0.4) is 0 Å². The molecule has 1 unspecified atom stereocenters. The fourth-order valence-corrected chi connectivity index (χ4v) is 9.04. The lowest BCUT2D eigenvalue weighted by molar-refractivity contribution is 0.483. The fourth-order valence-electron chi connectivity index (χ4n) is 9.04. The Morgan fingerprint density at radius 3 is 1.41 bits per heavy atom. The SMILES string of the molecule is c1ccc(-c2ccc(N(c3ccc(-c4ccccc4)cc3)c3ccc(-c4ccc5c6c(n(-c7ccccc7)c5c4)CC(c4ccccc4)c4ccccc4O6)cc3)cc2)cc1. The van der Waals surface area contributed by atoms with Crippen LogP contribution in [0.25, 0.3) is 50.0 Å². The molecule has 0 amide bonds. The van der Waals surface area contributed by atoms with Gasteiger partial charge in [-0.3, -0.25) is 0 Å². The molecule has 290 valence electrons. The van der Waals surface area contributed by atoms with E-state index in [0.717, 1.165) is 62.7 Å². The smallest absolute Gasteiger partial charge is 0.156 e. The third-order valence-electron chi connectivity index (χ3n) is 12.1. The Morgan fingerprint density at radius 1 is 0.410 bits per heavy atom. The average Bonchev–Trinajstić information content (AvgIpc) is 3.53. The van der Waals surface area contributed by atoms with Crippen LogP contribution in [0.15, 0.2) is 237 Å². The van der Waals surface area contributed by atoms with Gasteiger partial charge in [-0.05, 0) is 106 Å². The summed E-state index contributed by atoms with van der Waals surface area (Å²) in [6.45, 7) is 0. The molecule has 0 N–H and O–H groups in total. The van der Waals surface area contributed by atoms with Crippen molar-refractivity contribution >= 4 is 28.0 Å². The second-order valence-electron chi connectivity index (χ2n) is 15.7. The molecule has 0 saturated carbocycles. The number of hydrogen-bond acceptors (Lipinski definition) is 2. The van der Waals surface area contributed by atoms with Gasteiger partial charge >= 0.3 is 0 Å². The molecule has 2 heterocycles. The first-order valence-corrected chi connectivity index (χ1v) is 21.0. The number of nitrogens with zero attached hydrogens (tertiary/aromatic N) is 2. The van der Waals surface area contributed by atoms with Crippen molar-refractivity contribution in [2.24, 2.45) is 0 Å². The molecule has 0 radical (unpaired) electrons. The summed E-state index contributed by atoms with van der Waals surface area (Å²) in [5, 5.41) is 1.10. The maximum absolute atomic E-state index is 6.98. The van der Waals surface area contributed by atoms with Crippen LogP contribution in [0.1, 0.15) is 22.7 Å². The number of rotatable bonds is 8. The minimum Gasteiger partial charge on any atom is -0.454 e. The van der Waals surface area contributed by atoms with Gasteiger partial charge in [0, 0.05) is 46.0 Å². The molecule has 0 aliphatic carbocycles. The molecule has 10 aromatic rings. The summed E-state index contributed by atoms with van der Waals surface area (Å²) in [5.41, 5.74) is 16.3. The number of anilines is 3. The van der Waals surface area contributed by atoms with E-state index >= 15 is 0 Å². The molecule has 61 heavy (non-hydrogen) atoms. The number of benzene rings is 9. The zero-order valence-corrected chi connectivity index (χ0v) is 33.6. The Bertz CT molecular complexity index is 3000. The van der Waals surface area contributed by atoms with E-state index in [-0.39, 0.29) is 5.92 Å². The molecular formula is C58H42N2O. The van der Waals surface area contributed by atoms with E-state index in [0.29, 0.717) is 0 Å². The first kappa shape index (κ1) is 36.2. The number of aromatic nitrogens is 1. The van der Waals surface area contributed by atoms with Crippen molar-refractivity contribution in [3.05, 3.63) is 253 Å². The lowest BCUT2D eigenvalue weighted by Gasteiger charge is -2.26. The van der Waals surface area contributed by atoms with E-state index in [1.807, 2.05) is 0 Å². The maximum Gasteiger partial charge on any atom is 0.156 e. The summed E-state index contributed by atoms with van der Waals surface area (Å²) in [6, 6.07) is 84.8. The third-order valence-corrected chi connectivity index (χ3v) is 12.1. The summed E-state index contributed by atoms with van der Waals surface area (Å²) in [4.78, 5) is 2.34. The lowest BCUT2D eigenvalue weighted by atomic mass is 9.87. The van der Waals surface area contributed by atoms with E-state index in [9.17, 15) is 0 Å². The van der Waals surface area contributed by atoms with Crippen molar-refractivity contribution in [1.29, 1.82) is 0 Å². The molecule has 1 atom stereocenters. The van der Waals surface area contributed by atoms with Gasteiger partial charge in [-0.25, -0.2) is 0 Å². The molecule has 11 rings (SSSR count). The van der Waals surface area contributed by atoms with Crippen LogP contribution in [0.4, 0.5) is 17.1 Å². The van der Waals surface area contributed by atoms with Crippen LogP contribution in [-0.4, -0.2) is 4.57 Å². The van der Waals surface area contributed by atoms with Crippen LogP contribution in [0.5, 0.6) is 11.5 Å². The summed E-state index contributed by atoms with van der Waals surface area (Å²) in [6.07, 6.45) is 0.804. The van der Waals surface area contributed by atoms with Gasteiger partial charge in [0.2, 0.25) is 0 Å². The van der Waals surface area contributed by atoms with Crippen molar-refractivity contribution < 1.29 is 4.74 Å². The highest BCUT2D eigenvalue weighted by Crippen LogP contribution is 2.48. The minimum atomic E-state index is 0.143. The Balaban J connectivity index is 0.996. The Morgan fingerprint density at radius 2 is 0.852 bits per heavy atom. The number of fused-ring (bicyclic) bond motifs is 4. The molecule has 9 aromatic carbocycles. The van der Waals surface area contributed by atoms with Gasteiger partial charge in [-0.15, -0.1) is 0 Å². The highest BCUT2D eigenvalue weighted by atomic mass is 16.5. The second kappa shape index (κ2) is 15.7. The molecule has 0 bridgehead atoms. The van der Waals surface area contributed by atoms with Crippen LogP contribution in [0.2, 0.25) is 0 Å². The Hall–Kier alpha value is -7.88. The standard InChI is InChI=1S/C58H42N2O/c1-5-15-41(16-6-1)43-25-32-49(33-26-43)59(50-34-27-44(28-35-50)42-17-7-2-8-18-42)51-36-29-45(30-37-51)47-31-38-53-55(39-47)60(48-21-11-4-12-22-48)56-40-54(46-19-9-3-10-20-46)52-23-13-14-24-57(52)61-58(53)56/h1-39,54H,40H2. The molecule has 3 nitrogen and oxygen atoms in total. The fraction of sp³-hybridized carbons (Fsp3) is 0.0345. The Labute approximate surface area is 357 Å². The van der Waals surface area contributed by atoms with Crippen molar-refractivity contribution in [1.82, 2.24) is 4.57 Å². The first-order chi connectivity index (χ1) is 30.2. The highest BCUT2D eigenvalue weighted by molar-refractivity contribution is 5.94. The topological polar surface area (TPSA) is 17.4 Å². The number of para-hydroxylation sites is 2. The molecule has 1 aliphatic heterocycles. The van der Waals surface area contributed by atoms with Crippen molar-refractivity contribution in [3.8, 4) is 50.6 Å². The quantitative estimate of drug-likeness (QED) is 0.153. The van der Waals surface area contributed by atoms with Crippen molar-refractivity contribution in [2.75, 3.05) is 4.90 Å². The molecule has 0 saturated heterocycles. The Kier molecular flexibility index (Phi) is 9.33. The first-order valence-electron chi connectivity index (χ1n) is 21.0. The van der Waals surface area contributed by atoms with Crippen LogP contribution in [0, 0.1) is 0 Å². The third kappa shape index (κ3) is 6.86. The predicted octanol–water partition coefficient (Wildman–Crippen LogP) is 15.6. The molecule has 0 spiro atoms. The largest absolute Gasteiger partial charge is 0.454 e. The molecule has 1 aliphatic rings. The summed E-state index contributed by atoms with van der Waals surface area (Å²) in [7, 11) is 0. The van der Waals surface area contributed by atoms with Crippen molar-refractivity contribution in [2.45, 2.75) is 12.3 Å². The van der Waals surface area contributed by atoms with Gasteiger partial charge in [0.05, 0.1) is 11.2 Å². The second-order valence-corrected chi connectivity index (χ2v) is 15.7. The highest BCUT2D eigenvalue weighted by Gasteiger charge is 2.30. The molecular weight excluding hydrogens is 741 g/mol. The number of ether oxygens (including phenoxy) is 1. The minimum absolute atomic E-state index is 0.143. The maximum atomic E-state index is 6.98. The van der Waals surface area contributed by atoms with Gasteiger partial charge in [-0.2, -0.15) is 0 Å². The van der Waals surface area contributed by atoms with Gasteiger partial charge in [0.15, 0.2) is 5.75 Å². The van der Waals surface area contributed by atoms with Gasteiger partial charge in [-0.1, -0.05) is 170 Å². The van der Waals surface area contributed by atoms with E-state index in [1.165, 1.54) is 39.1 Å². The van der Waals surface area contributed by atoms with Gasteiger partial charge in [0.1, 0.15) is 5.75 Å². The molecule has 3 heteroatoms. The lowest BCUT2D eigenvalue weighted by Crippen LogP contribution is -2.09. The zero-order valence-electron chi connectivity index (χ0n) is 33.6. The van der Waals surface area contributed by atoms with Gasteiger partial charge < -0.3 is 14.2 Å². The monoisotopic (exact) mass is 782 g/mol. The summed E-state index contributed by atoms with van der Waals surface area (Å²) < 4.78 is 9.40. The molecule has 1 aromatic heterocycles. The summed E-state index contributed by atoms with van der Waals surface area (Å²) >= 11 is 0. The van der Waals surface area contributed by atoms with E-state index in [4.69, 9.17) is 4.74 Å². The van der Waals surface area contributed by atoms with E-state index in [2.05, 4.69) is 246 Å². The van der Waals surface area contributed by atoms with Crippen LogP contribution in [-0.2, 0) is 6.42 Å². The van der Waals surface area contributed by atoms with Crippen LogP contribution >= 0.6 is 0 Å². The molecule has 0 fully saturated rings. The van der Waals surface area contributed by atoms with Gasteiger partial charge in [0.25, 0.3) is 0 Å². The van der Waals surface area contributed by atoms with E-state index < -0.39 is 0 Å². The summed E-state index contributed by atoms with van der Waals surface area (Å²) in [5.74, 6) is 1.99. The average molecular weight is 783 g/mol. The predicted molar refractivity (Wildman–Crippen MR) is 253 cm³/mol. The normalized spacial score (nSPS) is 13.1. The zero-order chi connectivity index (χ0) is 40.5. The van der Waals surface area contributed by atoms with Crippen LogP contribution < -0.4 is 9.64 Å². The van der Waals surface area contributed by atoms with Crippen molar-refractivity contribution in [3.63, 3.8) is 0 Å². The number of hydrogen-bond donors (Lipinski definition) is 0.